The van der Waals surface area contributed by atoms with E-state index in [9.17, 15) is 14.7 Å². The minimum Gasteiger partial charge on any atom is -0.508 e. The number of hydrogen-bond donors (Lipinski definition) is 2. The molecule has 2 N–H and O–H groups in total. The molecule has 0 aliphatic carbocycles. The Bertz CT molecular complexity index is 816. The van der Waals surface area contributed by atoms with Crippen molar-refractivity contribution in [3.8, 4) is 11.5 Å². The number of carbonyl (C=O) groups is 2. The highest BCUT2D eigenvalue weighted by atomic mass is 16.5. The minimum absolute atomic E-state index is 0.0848. The normalized spacial score (nSPS) is 14.8. The summed E-state index contributed by atoms with van der Waals surface area (Å²) in [5.41, 5.74) is 1.46. The van der Waals surface area contributed by atoms with Gasteiger partial charge in [-0.05, 0) is 48.4 Å². The third-order valence-corrected chi connectivity index (χ3v) is 3.52. The van der Waals surface area contributed by atoms with Crippen molar-refractivity contribution in [2.75, 3.05) is 0 Å². The number of ether oxygens (including phenoxy) is 1. The van der Waals surface area contributed by atoms with Gasteiger partial charge in [-0.25, -0.2) is 4.79 Å². The number of carbonyl (C=O) groups excluding carboxylic acids is 1. The molecule has 0 saturated carbocycles. The molecule has 0 bridgehead atoms. The number of phenols is 1. The van der Waals surface area contributed by atoms with E-state index in [1.807, 2.05) is 0 Å². The molecular formula is C17H12O5. The summed E-state index contributed by atoms with van der Waals surface area (Å²) in [6, 6.07) is 9.23. The summed E-state index contributed by atoms with van der Waals surface area (Å²) in [5, 5.41) is 18.4. The van der Waals surface area contributed by atoms with E-state index in [0.29, 0.717) is 16.9 Å². The average molecular weight is 296 g/mol. The zero-order valence-corrected chi connectivity index (χ0v) is 11.7. The van der Waals surface area contributed by atoms with Crippen LogP contribution in [-0.4, -0.2) is 22.0 Å². The number of Topliss-reactive ketones (excluding diaryl/α,β-unsaturated/α-hetero) is 1. The standard InChI is InChI=1S/C17H12O5/c1-9-12(17(20)21)6-7-13-15(9)16(19)14(22-13)8-10-2-4-11(18)5-3-10/h2-8,18H,1H3,(H,20,21). The van der Waals surface area contributed by atoms with Gasteiger partial charge >= 0.3 is 5.97 Å². The number of rotatable bonds is 2. The molecule has 22 heavy (non-hydrogen) atoms. The second kappa shape index (κ2) is 5.04. The summed E-state index contributed by atoms with van der Waals surface area (Å²) in [5.74, 6) is -0.803. The predicted octanol–water partition coefficient (Wildman–Crippen LogP) is 3.02. The van der Waals surface area contributed by atoms with Crippen LogP contribution in [0.15, 0.2) is 42.2 Å². The summed E-state index contributed by atoms with van der Waals surface area (Å²) in [6.45, 7) is 1.59. The van der Waals surface area contributed by atoms with Crippen LogP contribution in [0.3, 0.4) is 0 Å². The van der Waals surface area contributed by atoms with Crippen LogP contribution in [-0.2, 0) is 0 Å². The summed E-state index contributed by atoms with van der Waals surface area (Å²) < 4.78 is 5.53. The smallest absolute Gasteiger partial charge is 0.335 e. The van der Waals surface area contributed by atoms with E-state index in [-0.39, 0.29) is 28.4 Å². The largest absolute Gasteiger partial charge is 0.508 e. The van der Waals surface area contributed by atoms with Gasteiger partial charge in [-0.2, -0.15) is 0 Å². The number of benzene rings is 2. The van der Waals surface area contributed by atoms with Crippen molar-refractivity contribution in [3.05, 3.63) is 64.4 Å². The Morgan fingerprint density at radius 2 is 1.82 bits per heavy atom. The van der Waals surface area contributed by atoms with E-state index in [1.54, 1.807) is 25.1 Å². The van der Waals surface area contributed by atoms with Gasteiger partial charge in [0.1, 0.15) is 11.5 Å². The second-order valence-electron chi connectivity index (χ2n) is 4.95. The van der Waals surface area contributed by atoms with Gasteiger partial charge in [0.2, 0.25) is 5.78 Å². The molecule has 5 nitrogen and oxygen atoms in total. The van der Waals surface area contributed by atoms with Crippen molar-refractivity contribution in [3.63, 3.8) is 0 Å². The van der Waals surface area contributed by atoms with Crippen LogP contribution in [0.1, 0.15) is 31.8 Å². The third kappa shape index (κ3) is 2.22. The molecule has 0 unspecified atom stereocenters. The molecule has 0 aromatic heterocycles. The second-order valence-corrected chi connectivity index (χ2v) is 4.95. The number of ketones is 1. The first-order chi connectivity index (χ1) is 10.5. The van der Waals surface area contributed by atoms with E-state index in [0.717, 1.165) is 0 Å². The molecule has 0 fully saturated rings. The Kier molecular flexibility index (Phi) is 3.18. The number of phenolic OH excluding ortho intramolecular Hbond substituents is 1. The number of carboxylic acids is 1. The van der Waals surface area contributed by atoms with Crippen molar-refractivity contribution < 1.29 is 24.5 Å². The lowest BCUT2D eigenvalue weighted by molar-refractivity contribution is 0.0696. The number of aromatic carboxylic acids is 1. The number of carboxylic acid groups (broad SMARTS) is 1. The summed E-state index contributed by atoms with van der Waals surface area (Å²) in [6.07, 6.45) is 1.56. The Labute approximate surface area is 126 Å². The highest BCUT2D eigenvalue weighted by Crippen LogP contribution is 2.35. The van der Waals surface area contributed by atoms with Gasteiger partial charge in [0.25, 0.3) is 0 Å². The fraction of sp³-hybridized carbons (Fsp3) is 0.0588. The van der Waals surface area contributed by atoms with E-state index in [1.165, 1.54) is 24.3 Å². The lowest BCUT2D eigenvalue weighted by Gasteiger charge is -2.03. The van der Waals surface area contributed by atoms with Crippen LogP contribution in [0.2, 0.25) is 0 Å². The fourth-order valence-corrected chi connectivity index (χ4v) is 2.39. The molecule has 0 amide bonds. The molecule has 1 aliphatic heterocycles. The van der Waals surface area contributed by atoms with Crippen molar-refractivity contribution in [1.29, 1.82) is 0 Å². The SMILES string of the molecule is Cc1c(C(=O)O)ccc2c1C(=O)C(=Cc1ccc(O)cc1)O2. The van der Waals surface area contributed by atoms with Crippen molar-refractivity contribution in [2.45, 2.75) is 6.92 Å². The zero-order chi connectivity index (χ0) is 15.9. The number of allylic oxidation sites excluding steroid dienone is 1. The van der Waals surface area contributed by atoms with Crippen molar-refractivity contribution in [2.24, 2.45) is 0 Å². The molecule has 3 rings (SSSR count). The molecule has 0 saturated heterocycles. The Balaban J connectivity index is 2.03. The highest BCUT2D eigenvalue weighted by molar-refractivity contribution is 6.16. The number of aromatic hydroxyl groups is 1. The molecule has 2 aromatic carbocycles. The van der Waals surface area contributed by atoms with Crippen LogP contribution in [0.25, 0.3) is 6.08 Å². The van der Waals surface area contributed by atoms with Crippen LogP contribution >= 0.6 is 0 Å². The van der Waals surface area contributed by atoms with Gasteiger partial charge < -0.3 is 14.9 Å². The van der Waals surface area contributed by atoms with Gasteiger partial charge in [-0.1, -0.05) is 12.1 Å². The van der Waals surface area contributed by atoms with Gasteiger partial charge in [0, 0.05) is 0 Å². The monoisotopic (exact) mass is 296 g/mol. The molecule has 110 valence electrons. The Morgan fingerprint density at radius 3 is 2.45 bits per heavy atom. The topological polar surface area (TPSA) is 83.8 Å². The molecule has 0 radical (unpaired) electrons. The molecule has 2 aromatic rings. The lowest BCUT2D eigenvalue weighted by Crippen LogP contribution is -2.04. The average Bonchev–Trinajstić information content (AvgIpc) is 2.79. The Morgan fingerprint density at radius 1 is 1.14 bits per heavy atom. The van der Waals surface area contributed by atoms with Gasteiger partial charge in [-0.3, -0.25) is 4.79 Å². The van der Waals surface area contributed by atoms with E-state index in [4.69, 9.17) is 9.84 Å². The first kappa shape index (κ1) is 13.9. The van der Waals surface area contributed by atoms with E-state index < -0.39 is 5.97 Å². The van der Waals surface area contributed by atoms with Gasteiger partial charge in [0.05, 0.1) is 11.1 Å². The predicted molar refractivity (Wildman–Crippen MR) is 79.2 cm³/mol. The third-order valence-electron chi connectivity index (χ3n) is 3.52. The maximum Gasteiger partial charge on any atom is 0.335 e. The summed E-state index contributed by atoms with van der Waals surface area (Å²) >= 11 is 0. The Hall–Kier alpha value is -3.08. The zero-order valence-electron chi connectivity index (χ0n) is 11.7. The quantitative estimate of drug-likeness (QED) is 0.832. The number of hydrogen-bond acceptors (Lipinski definition) is 4. The van der Waals surface area contributed by atoms with Crippen LogP contribution in [0.5, 0.6) is 11.5 Å². The molecule has 0 spiro atoms. The molecule has 0 atom stereocenters. The van der Waals surface area contributed by atoms with Crippen LogP contribution in [0, 0.1) is 6.92 Å². The molecule has 5 heteroatoms. The van der Waals surface area contributed by atoms with Crippen molar-refractivity contribution in [1.82, 2.24) is 0 Å². The molecule has 1 heterocycles. The van der Waals surface area contributed by atoms with E-state index in [2.05, 4.69) is 0 Å². The van der Waals surface area contributed by atoms with E-state index >= 15 is 0 Å². The van der Waals surface area contributed by atoms with Crippen LogP contribution in [0.4, 0.5) is 0 Å². The summed E-state index contributed by atoms with van der Waals surface area (Å²) in [7, 11) is 0. The summed E-state index contributed by atoms with van der Waals surface area (Å²) in [4.78, 5) is 23.6. The van der Waals surface area contributed by atoms with Gasteiger partial charge in [-0.15, -0.1) is 0 Å². The maximum atomic E-state index is 12.4. The molecular weight excluding hydrogens is 284 g/mol. The van der Waals surface area contributed by atoms with Crippen LogP contribution < -0.4 is 4.74 Å². The van der Waals surface area contributed by atoms with Crippen molar-refractivity contribution >= 4 is 17.8 Å². The number of fused-ring (bicyclic) bond motifs is 1. The highest BCUT2D eigenvalue weighted by Gasteiger charge is 2.31. The molecule has 1 aliphatic rings. The first-order valence-electron chi connectivity index (χ1n) is 6.57. The minimum atomic E-state index is -1.08. The lowest BCUT2D eigenvalue weighted by atomic mass is 9.98. The van der Waals surface area contributed by atoms with Gasteiger partial charge in [0.15, 0.2) is 5.76 Å². The first-order valence-corrected chi connectivity index (χ1v) is 6.57. The maximum absolute atomic E-state index is 12.4. The fourth-order valence-electron chi connectivity index (χ4n) is 2.39.